The van der Waals surface area contributed by atoms with Crippen molar-refractivity contribution >= 4 is 34.5 Å². The smallest absolute Gasteiger partial charge is 0.230 e. The Balaban J connectivity index is 1.63. The van der Waals surface area contributed by atoms with E-state index in [1.807, 2.05) is 60.8 Å². The van der Waals surface area contributed by atoms with Gasteiger partial charge in [0.2, 0.25) is 5.91 Å². The Morgan fingerprint density at radius 1 is 1.20 bits per heavy atom. The SMILES string of the molecule is CCOc1ccc(NC(=O)Cc2csc(-c3ccccc3Cl)n2)cc1. The van der Waals surface area contributed by atoms with Crippen LogP contribution in [-0.2, 0) is 11.2 Å². The summed E-state index contributed by atoms with van der Waals surface area (Å²) in [5.74, 6) is 0.671. The Kier molecular flexibility index (Phi) is 5.68. The van der Waals surface area contributed by atoms with Crippen molar-refractivity contribution < 1.29 is 9.53 Å². The number of benzene rings is 2. The van der Waals surface area contributed by atoms with E-state index >= 15 is 0 Å². The number of thiazole rings is 1. The summed E-state index contributed by atoms with van der Waals surface area (Å²) in [6.07, 6.45) is 0.216. The van der Waals surface area contributed by atoms with Crippen molar-refractivity contribution in [2.75, 3.05) is 11.9 Å². The number of nitrogens with zero attached hydrogens (tertiary/aromatic N) is 1. The highest BCUT2D eigenvalue weighted by atomic mass is 35.5. The minimum absolute atomic E-state index is 0.111. The van der Waals surface area contributed by atoms with Crippen molar-refractivity contribution in [1.82, 2.24) is 4.98 Å². The molecule has 0 bridgehead atoms. The molecule has 0 saturated carbocycles. The molecule has 0 unspecified atom stereocenters. The van der Waals surface area contributed by atoms with Gasteiger partial charge in [-0.3, -0.25) is 4.79 Å². The number of hydrogen-bond acceptors (Lipinski definition) is 4. The number of nitrogens with one attached hydrogen (secondary N) is 1. The van der Waals surface area contributed by atoms with Crippen molar-refractivity contribution in [2.24, 2.45) is 0 Å². The molecule has 1 amide bonds. The fourth-order valence-electron chi connectivity index (χ4n) is 2.32. The standard InChI is InChI=1S/C19H17ClN2O2S/c1-2-24-15-9-7-13(8-10-15)21-18(23)11-14-12-25-19(22-14)16-5-3-4-6-17(16)20/h3-10,12H,2,11H2,1H3,(H,21,23). The second kappa shape index (κ2) is 8.14. The fourth-order valence-corrected chi connectivity index (χ4v) is 3.46. The zero-order chi connectivity index (χ0) is 17.6. The Morgan fingerprint density at radius 2 is 1.96 bits per heavy atom. The Morgan fingerprint density at radius 3 is 2.68 bits per heavy atom. The molecule has 0 radical (unpaired) electrons. The molecule has 1 heterocycles. The van der Waals surface area contributed by atoms with Crippen LogP contribution in [-0.4, -0.2) is 17.5 Å². The summed E-state index contributed by atoms with van der Waals surface area (Å²) in [6, 6.07) is 14.8. The number of carbonyl (C=O) groups excluding carboxylic acids is 1. The van der Waals surface area contributed by atoms with E-state index in [1.54, 1.807) is 0 Å². The first-order chi connectivity index (χ1) is 12.2. The molecule has 0 aliphatic heterocycles. The van der Waals surface area contributed by atoms with Crippen molar-refractivity contribution in [3.05, 3.63) is 64.6 Å². The fraction of sp³-hybridized carbons (Fsp3) is 0.158. The summed E-state index contributed by atoms with van der Waals surface area (Å²) in [6.45, 7) is 2.55. The summed E-state index contributed by atoms with van der Waals surface area (Å²) in [4.78, 5) is 16.7. The first-order valence-corrected chi connectivity index (χ1v) is 9.13. The van der Waals surface area contributed by atoms with Gasteiger partial charge in [-0.25, -0.2) is 4.98 Å². The summed E-state index contributed by atoms with van der Waals surface area (Å²) >= 11 is 7.67. The molecule has 25 heavy (non-hydrogen) atoms. The van der Waals surface area contributed by atoms with Gasteiger partial charge in [-0.1, -0.05) is 29.8 Å². The molecule has 0 saturated heterocycles. The van der Waals surface area contributed by atoms with Gasteiger partial charge in [0.1, 0.15) is 10.8 Å². The second-order valence-electron chi connectivity index (χ2n) is 5.31. The molecule has 4 nitrogen and oxygen atoms in total. The first-order valence-electron chi connectivity index (χ1n) is 7.87. The average Bonchev–Trinajstić information content (AvgIpc) is 3.05. The monoisotopic (exact) mass is 372 g/mol. The van der Waals surface area contributed by atoms with Gasteiger partial charge < -0.3 is 10.1 Å². The Bertz CT molecular complexity index is 862. The number of halogens is 1. The van der Waals surface area contributed by atoms with Crippen LogP contribution < -0.4 is 10.1 Å². The van der Waals surface area contributed by atoms with Crippen LogP contribution in [0.15, 0.2) is 53.9 Å². The van der Waals surface area contributed by atoms with Crippen molar-refractivity contribution in [1.29, 1.82) is 0 Å². The van der Waals surface area contributed by atoms with Crippen molar-refractivity contribution in [3.8, 4) is 16.3 Å². The van der Waals surface area contributed by atoms with E-state index in [0.717, 1.165) is 27.7 Å². The first kappa shape index (κ1) is 17.5. The normalized spacial score (nSPS) is 10.5. The highest BCUT2D eigenvalue weighted by Gasteiger charge is 2.11. The zero-order valence-electron chi connectivity index (χ0n) is 13.7. The molecular weight excluding hydrogens is 356 g/mol. The van der Waals surface area contributed by atoms with Gasteiger partial charge >= 0.3 is 0 Å². The topological polar surface area (TPSA) is 51.2 Å². The molecule has 3 rings (SSSR count). The lowest BCUT2D eigenvalue weighted by molar-refractivity contribution is -0.115. The lowest BCUT2D eigenvalue weighted by Crippen LogP contribution is -2.14. The van der Waals surface area contributed by atoms with Gasteiger partial charge in [-0.15, -0.1) is 11.3 Å². The lowest BCUT2D eigenvalue weighted by atomic mass is 10.2. The van der Waals surface area contributed by atoms with Crippen LogP contribution in [0.2, 0.25) is 5.02 Å². The molecule has 1 aromatic heterocycles. The van der Waals surface area contributed by atoms with E-state index in [4.69, 9.17) is 16.3 Å². The van der Waals surface area contributed by atoms with Crippen molar-refractivity contribution in [2.45, 2.75) is 13.3 Å². The highest BCUT2D eigenvalue weighted by molar-refractivity contribution is 7.13. The van der Waals surface area contributed by atoms with Gasteiger partial charge in [0.15, 0.2) is 0 Å². The molecule has 2 aromatic carbocycles. The molecule has 0 fully saturated rings. The molecular formula is C19H17ClN2O2S. The quantitative estimate of drug-likeness (QED) is 0.659. The van der Waals surface area contributed by atoms with E-state index in [9.17, 15) is 4.79 Å². The van der Waals surface area contributed by atoms with Gasteiger partial charge in [-0.05, 0) is 37.3 Å². The predicted octanol–water partition coefficient (Wildman–Crippen LogP) is 5.04. The number of ether oxygens (including phenoxy) is 1. The van der Waals surface area contributed by atoms with E-state index in [2.05, 4.69) is 10.3 Å². The van der Waals surface area contributed by atoms with Crippen LogP contribution in [0.3, 0.4) is 0 Å². The van der Waals surface area contributed by atoms with Crippen LogP contribution in [0.4, 0.5) is 5.69 Å². The number of anilines is 1. The molecule has 1 N–H and O–H groups in total. The highest BCUT2D eigenvalue weighted by Crippen LogP contribution is 2.30. The van der Waals surface area contributed by atoms with E-state index in [1.165, 1.54) is 11.3 Å². The summed E-state index contributed by atoms with van der Waals surface area (Å²) in [7, 11) is 0. The van der Waals surface area contributed by atoms with E-state index in [0.29, 0.717) is 11.6 Å². The lowest BCUT2D eigenvalue weighted by Gasteiger charge is -2.06. The molecule has 0 spiro atoms. The molecule has 0 atom stereocenters. The van der Waals surface area contributed by atoms with E-state index < -0.39 is 0 Å². The zero-order valence-corrected chi connectivity index (χ0v) is 15.2. The van der Waals surface area contributed by atoms with Crippen LogP contribution in [0.25, 0.3) is 10.6 Å². The molecule has 3 aromatic rings. The Hall–Kier alpha value is -2.37. The predicted molar refractivity (Wildman–Crippen MR) is 103 cm³/mol. The maximum Gasteiger partial charge on any atom is 0.230 e. The number of aromatic nitrogens is 1. The third kappa shape index (κ3) is 4.59. The number of rotatable bonds is 6. The van der Waals surface area contributed by atoms with Crippen molar-refractivity contribution in [3.63, 3.8) is 0 Å². The largest absolute Gasteiger partial charge is 0.494 e. The Labute approximate surface area is 155 Å². The minimum atomic E-state index is -0.111. The maximum absolute atomic E-state index is 12.2. The van der Waals surface area contributed by atoms with Crippen LogP contribution in [0.1, 0.15) is 12.6 Å². The number of carbonyl (C=O) groups is 1. The van der Waals surface area contributed by atoms with Gasteiger partial charge in [-0.2, -0.15) is 0 Å². The second-order valence-corrected chi connectivity index (χ2v) is 6.57. The van der Waals surface area contributed by atoms with Crippen LogP contribution in [0, 0.1) is 0 Å². The van der Waals surface area contributed by atoms with Gasteiger partial charge in [0.25, 0.3) is 0 Å². The molecule has 6 heteroatoms. The number of amides is 1. The number of hydrogen-bond donors (Lipinski definition) is 1. The van der Waals surface area contributed by atoms with E-state index in [-0.39, 0.29) is 12.3 Å². The summed E-state index contributed by atoms with van der Waals surface area (Å²) < 4.78 is 5.38. The maximum atomic E-state index is 12.2. The summed E-state index contributed by atoms with van der Waals surface area (Å²) in [5, 5.41) is 6.22. The van der Waals surface area contributed by atoms with Crippen LogP contribution in [0.5, 0.6) is 5.75 Å². The van der Waals surface area contributed by atoms with Crippen LogP contribution >= 0.6 is 22.9 Å². The average molecular weight is 373 g/mol. The van der Waals surface area contributed by atoms with Gasteiger partial charge in [0.05, 0.1) is 23.7 Å². The molecule has 128 valence electrons. The minimum Gasteiger partial charge on any atom is -0.494 e. The third-order valence-corrected chi connectivity index (χ3v) is 4.70. The third-order valence-electron chi connectivity index (χ3n) is 3.45. The molecule has 0 aliphatic carbocycles. The molecule has 0 aliphatic rings. The summed E-state index contributed by atoms with van der Waals surface area (Å²) in [5.41, 5.74) is 2.34. The van der Waals surface area contributed by atoms with Gasteiger partial charge in [0, 0.05) is 16.6 Å².